The van der Waals surface area contributed by atoms with Crippen molar-refractivity contribution in [3.63, 3.8) is 0 Å². The summed E-state index contributed by atoms with van der Waals surface area (Å²) in [5.41, 5.74) is 2.08. The highest BCUT2D eigenvalue weighted by Crippen LogP contribution is 2.16. The number of benzene rings is 1. The molecule has 0 aliphatic carbocycles. The second-order valence-electron chi connectivity index (χ2n) is 5.42. The molecular weight excluding hydrogens is 252 g/mol. The first-order chi connectivity index (χ1) is 9.66. The van der Waals surface area contributed by atoms with Crippen molar-refractivity contribution in [2.75, 3.05) is 13.6 Å². The van der Waals surface area contributed by atoms with Gasteiger partial charge in [-0.1, -0.05) is 12.1 Å². The zero-order valence-electron chi connectivity index (χ0n) is 12.0. The zero-order chi connectivity index (χ0) is 14.1. The number of carbonyl (C=O) groups is 1. The topological polar surface area (TPSA) is 50.2 Å². The van der Waals surface area contributed by atoms with Crippen LogP contribution in [0.4, 0.5) is 0 Å². The van der Waals surface area contributed by atoms with Gasteiger partial charge in [-0.05, 0) is 31.5 Å². The van der Waals surface area contributed by atoms with Crippen molar-refractivity contribution in [2.45, 2.75) is 25.4 Å². The minimum atomic E-state index is -0.0188. The van der Waals surface area contributed by atoms with Gasteiger partial charge in [-0.3, -0.25) is 4.79 Å². The van der Waals surface area contributed by atoms with Crippen LogP contribution in [0.25, 0.3) is 11.0 Å². The fourth-order valence-electron chi connectivity index (χ4n) is 2.79. The lowest BCUT2D eigenvalue weighted by atomic mass is 10.2. The predicted octanol–water partition coefficient (Wildman–Crippen LogP) is 1.28. The third-order valence-electron chi connectivity index (χ3n) is 3.99. The summed E-state index contributed by atoms with van der Waals surface area (Å²) in [6, 6.07) is 8.02. The molecule has 1 atom stereocenters. The van der Waals surface area contributed by atoms with E-state index in [4.69, 9.17) is 0 Å². The molecule has 1 amide bonds. The Morgan fingerprint density at radius 1 is 1.50 bits per heavy atom. The van der Waals surface area contributed by atoms with E-state index in [0.29, 0.717) is 6.54 Å². The Labute approximate surface area is 118 Å². The first-order valence-corrected chi connectivity index (χ1v) is 7.05. The van der Waals surface area contributed by atoms with Crippen molar-refractivity contribution in [3.05, 3.63) is 30.1 Å². The van der Waals surface area contributed by atoms with Gasteiger partial charge >= 0.3 is 0 Å². The Morgan fingerprint density at radius 3 is 3.00 bits per heavy atom. The normalized spacial score (nSPS) is 18.6. The van der Waals surface area contributed by atoms with E-state index in [2.05, 4.69) is 14.9 Å². The molecule has 1 aromatic heterocycles. The van der Waals surface area contributed by atoms with Crippen LogP contribution in [0.1, 0.15) is 18.7 Å². The summed E-state index contributed by atoms with van der Waals surface area (Å²) in [5, 5.41) is 3.25. The minimum absolute atomic E-state index is 0.0188. The van der Waals surface area contributed by atoms with Gasteiger partial charge in [0.25, 0.3) is 0 Å². The summed E-state index contributed by atoms with van der Waals surface area (Å²) in [6.07, 6.45) is 2.02. The monoisotopic (exact) mass is 272 g/mol. The molecule has 1 fully saturated rings. The van der Waals surface area contributed by atoms with E-state index in [0.717, 1.165) is 36.2 Å². The Morgan fingerprint density at radius 2 is 2.30 bits per heavy atom. The van der Waals surface area contributed by atoms with Gasteiger partial charge < -0.3 is 14.8 Å². The molecule has 1 aliphatic heterocycles. The number of fused-ring (bicyclic) bond motifs is 1. The molecule has 2 aromatic rings. The SMILES string of the molecule is CN(Cc1nc2ccccc2n1C)C(=O)C1CCCN1. The van der Waals surface area contributed by atoms with Gasteiger partial charge in [-0.2, -0.15) is 0 Å². The number of hydrogen-bond donors (Lipinski definition) is 1. The fraction of sp³-hybridized carbons (Fsp3) is 0.467. The van der Waals surface area contributed by atoms with E-state index in [9.17, 15) is 4.79 Å². The molecule has 3 rings (SSSR count). The summed E-state index contributed by atoms with van der Waals surface area (Å²) in [4.78, 5) is 18.7. The van der Waals surface area contributed by atoms with Gasteiger partial charge in [-0.15, -0.1) is 0 Å². The first-order valence-electron chi connectivity index (χ1n) is 7.05. The van der Waals surface area contributed by atoms with Crippen molar-refractivity contribution in [1.29, 1.82) is 0 Å². The van der Waals surface area contributed by atoms with Crippen LogP contribution in [-0.4, -0.2) is 40.0 Å². The molecule has 1 aromatic carbocycles. The van der Waals surface area contributed by atoms with E-state index in [-0.39, 0.29) is 11.9 Å². The predicted molar refractivity (Wildman–Crippen MR) is 78.2 cm³/mol. The number of rotatable bonds is 3. The lowest BCUT2D eigenvalue weighted by molar-refractivity contribution is -0.132. The molecule has 20 heavy (non-hydrogen) atoms. The molecule has 0 saturated carbocycles. The van der Waals surface area contributed by atoms with Crippen molar-refractivity contribution in [1.82, 2.24) is 19.8 Å². The molecule has 0 bridgehead atoms. The van der Waals surface area contributed by atoms with Crippen LogP contribution in [0.2, 0.25) is 0 Å². The molecule has 1 unspecified atom stereocenters. The number of nitrogens with one attached hydrogen (secondary N) is 1. The molecule has 1 saturated heterocycles. The van der Waals surface area contributed by atoms with Crippen molar-refractivity contribution < 1.29 is 4.79 Å². The van der Waals surface area contributed by atoms with Crippen LogP contribution in [0, 0.1) is 0 Å². The molecule has 2 heterocycles. The Hall–Kier alpha value is -1.88. The lowest BCUT2D eigenvalue weighted by Crippen LogP contribution is -2.41. The van der Waals surface area contributed by atoms with Gasteiger partial charge in [-0.25, -0.2) is 4.98 Å². The molecule has 1 aliphatic rings. The highest BCUT2D eigenvalue weighted by molar-refractivity contribution is 5.82. The number of hydrogen-bond acceptors (Lipinski definition) is 3. The van der Waals surface area contributed by atoms with Gasteiger partial charge in [0.1, 0.15) is 5.82 Å². The van der Waals surface area contributed by atoms with Crippen LogP contribution in [0.5, 0.6) is 0 Å². The van der Waals surface area contributed by atoms with Crippen molar-refractivity contribution in [3.8, 4) is 0 Å². The number of likely N-dealkylation sites (N-methyl/N-ethyl adjacent to an activating group) is 1. The Kier molecular flexibility index (Phi) is 3.44. The molecule has 106 valence electrons. The van der Waals surface area contributed by atoms with Crippen LogP contribution < -0.4 is 5.32 Å². The van der Waals surface area contributed by atoms with Crippen LogP contribution in [-0.2, 0) is 18.4 Å². The van der Waals surface area contributed by atoms with Crippen LogP contribution >= 0.6 is 0 Å². The summed E-state index contributed by atoms with van der Waals surface area (Å²) in [7, 11) is 3.85. The maximum absolute atomic E-state index is 12.3. The van der Waals surface area contributed by atoms with E-state index in [1.807, 2.05) is 38.4 Å². The summed E-state index contributed by atoms with van der Waals surface area (Å²) >= 11 is 0. The van der Waals surface area contributed by atoms with E-state index in [1.54, 1.807) is 4.90 Å². The molecule has 0 radical (unpaired) electrons. The highest BCUT2D eigenvalue weighted by Gasteiger charge is 2.25. The molecule has 5 nitrogen and oxygen atoms in total. The number of para-hydroxylation sites is 2. The van der Waals surface area contributed by atoms with Gasteiger partial charge in [0.05, 0.1) is 23.6 Å². The maximum atomic E-state index is 12.3. The number of aromatic nitrogens is 2. The standard InChI is InChI=1S/C15H20N4O/c1-18(15(20)12-7-5-9-16-12)10-14-17-11-6-3-4-8-13(11)19(14)2/h3-4,6,8,12,16H,5,7,9-10H2,1-2H3. The Bertz CT molecular complexity index is 628. The van der Waals surface area contributed by atoms with Gasteiger partial charge in [0.2, 0.25) is 5.91 Å². The number of aryl methyl sites for hydroxylation is 1. The third-order valence-corrected chi connectivity index (χ3v) is 3.99. The molecule has 0 spiro atoms. The molecule has 5 heteroatoms. The summed E-state index contributed by atoms with van der Waals surface area (Å²) in [5.74, 6) is 1.08. The highest BCUT2D eigenvalue weighted by atomic mass is 16.2. The second-order valence-corrected chi connectivity index (χ2v) is 5.42. The third kappa shape index (κ3) is 2.29. The molecular formula is C15H20N4O. The van der Waals surface area contributed by atoms with E-state index in [1.165, 1.54) is 0 Å². The average molecular weight is 272 g/mol. The summed E-state index contributed by atoms with van der Waals surface area (Å²) < 4.78 is 2.06. The quantitative estimate of drug-likeness (QED) is 0.916. The van der Waals surface area contributed by atoms with Crippen molar-refractivity contribution in [2.24, 2.45) is 7.05 Å². The van der Waals surface area contributed by atoms with Crippen molar-refractivity contribution >= 4 is 16.9 Å². The largest absolute Gasteiger partial charge is 0.337 e. The number of carbonyl (C=O) groups excluding carboxylic acids is 1. The van der Waals surface area contributed by atoms with E-state index >= 15 is 0 Å². The second kappa shape index (κ2) is 5.25. The maximum Gasteiger partial charge on any atom is 0.239 e. The first kappa shape index (κ1) is 13.1. The molecule has 1 N–H and O–H groups in total. The minimum Gasteiger partial charge on any atom is -0.337 e. The number of nitrogens with zero attached hydrogens (tertiary/aromatic N) is 3. The summed E-state index contributed by atoms with van der Waals surface area (Å²) in [6.45, 7) is 1.48. The Balaban J connectivity index is 1.78. The number of amides is 1. The van der Waals surface area contributed by atoms with Crippen LogP contribution in [0.3, 0.4) is 0 Å². The fourth-order valence-corrected chi connectivity index (χ4v) is 2.79. The van der Waals surface area contributed by atoms with Gasteiger partial charge in [0, 0.05) is 14.1 Å². The van der Waals surface area contributed by atoms with Gasteiger partial charge in [0.15, 0.2) is 0 Å². The van der Waals surface area contributed by atoms with Crippen LogP contribution in [0.15, 0.2) is 24.3 Å². The smallest absolute Gasteiger partial charge is 0.239 e. The zero-order valence-corrected chi connectivity index (χ0v) is 12.0. The number of imidazole rings is 1. The average Bonchev–Trinajstić information content (AvgIpc) is 3.08. The lowest BCUT2D eigenvalue weighted by Gasteiger charge is -2.20. The van der Waals surface area contributed by atoms with E-state index < -0.39 is 0 Å².